The zero-order valence-electron chi connectivity index (χ0n) is 17.9. The van der Waals surface area contributed by atoms with Crippen molar-refractivity contribution in [2.75, 3.05) is 13.2 Å². The number of ether oxygens (including phenoxy) is 3. The molecule has 1 aromatic heterocycles. The van der Waals surface area contributed by atoms with Crippen LogP contribution < -0.4 is 19.5 Å². The highest BCUT2D eigenvalue weighted by Gasteiger charge is 2.14. The molecule has 0 aliphatic rings. The predicted octanol–water partition coefficient (Wildman–Crippen LogP) is 3.89. The van der Waals surface area contributed by atoms with Gasteiger partial charge in [-0.25, -0.2) is 4.79 Å². The van der Waals surface area contributed by atoms with Crippen molar-refractivity contribution in [2.24, 2.45) is 0 Å². The first-order chi connectivity index (χ1) is 16.1. The van der Waals surface area contributed by atoms with E-state index in [0.29, 0.717) is 29.4 Å². The molecule has 168 valence electrons. The second-order valence-electron chi connectivity index (χ2n) is 6.65. The summed E-state index contributed by atoms with van der Waals surface area (Å²) < 4.78 is 21.5. The Bertz CT molecular complexity index is 1150. The molecular formula is C25H22N2O6. The van der Waals surface area contributed by atoms with Crippen LogP contribution in [0.15, 0.2) is 76.9 Å². The lowest BCUT2D eigenvalue weighted by Gasteiger charge is -2.12. The van der Waals surface area contributed by atoms with Crippen molar-refractivity contribution >= 4 is 18.0 Å². The van der Waals surface area contributed by atoms with Crippen LogP contribution in [0.5, 0.6) is 17.2 Å². The molecule has 0 spiro atoms. The van der Waals surface area contributed by atoms with Gasteiger partial charge in [-0.05, 0) is 55.0 Å². The third-order valence-electron chi connectivity index (χ3n) is 4.27. The van der Waals surface area contributed by atoms with E-state index in [4.69, 9.17) is 18.6 Å². The number of hydrogen-bond acceptors (Lipinski definition) is 7. The summed E-state index contributed by atoms with van der Waals surface area (Å²) in [5.74, 6) is 0.485. The van der Waals surface area contributed by atoms with Crippen LogP contribution in [0.4, 0.5) is 0 Å². The van der Waals surface area contributed by atoms with E-state index in [1.165, 1.54) is 18.4 Å². The molecule has 0 saturated heterocycles. The summed E-state index contributed by atoms with van der Waals surface area (Å²) in [6.07, 6.45) is 2.92. The van der Waals surface area contributed by atoms with Gasteiger partial charge in [0.1, 0.15) is 23.2 Å². The number of esters is 1. The predicted molar refractivity (Wildman–Crippen MR) is 119 cm³/mol. The SMILES string of the molecule is CCOc1cc(/C=C(\C#N)C(=O)NCc2ccco2)ccc1OC(=O)COc1ccccc1. The molecule has 8 heteroatoms. The van der Waals surface area contributed by atoms with Gasteiger partial charge in [0, 0.05) is 0 Å². The lowest BCUT2D eigenvalue weighted by atomic mass is 10.1. The number of benzene rings is 2. The van der Waals surface area contributed by atoms with Crippen molar-refractivity contribution in [1.29, 1.82) is 5.26 Å². The number of para-hydroxylation sites is 1. The fourth-order valence-corrected chi connectivity index (χ4v) is 2.77. The van der Waals surface area contributed by atoms with Crippen LogP contribution >= 0.6 is 0 Å². The summed E-state index contributed by atoms with van der Waals surface area (Å²) in [4.78, 5) is 24.5. The van der Waals surface area contributed by atoms with Gasteiger partial charge in [0.05, 0.1) is 19.4 Å². The molecule has 0 fully saturated rings. The Labute approximate surface area is 191 Å². The molecule has 0 aliphatic heterocycles. The lowest BCUT2D eigenvalue weighted by Crippen LogP contribution is -2.23. The zero-order chi connectivity index (χ0) is 23.5. The third-order valence-corrected chi connectivity index (χ3v) is 4.27. The van der Waals surface area contributed by atoms with Crippen LogP contribution in [0.1, 0.15) is 18.2 Å². The Balaban J connectivity index is 1.67. The molecule has 0 atom stereocenters. The van der Waals surface area contributed by atoms with Crippen molar-refractivity contribution in [3.63, 3.8) is 0 Å². The third kappa shape index (κ3) is 7.01. The smallest absolute Gasteiger partial charge is 0.349 e. The van der Waals surface area contributed by atoms with Gasteiger partial charge in [0.25, 0.3) is 5.91 Å². The number of nitrogens with zero attached hydrogens (tertiary/aromatic N) is 1. The van der Waals surface area contributed by atoms with E-state index >= 15 is 0 Å². The Morgan fingerprint density at radius 2 is 1.88 bits per heavy atom. The van der Waals surface area contributed by atoms with Crippen molar-refractivity contribution in [3.8, 4) is 23.3 Å². The number of rotatable bonds is 10. The molecule has 0 bridgehead atoms. The monoisotopic (exact) mass is 446 g/mol. The molecule has 2 aromatic carbocycles. The van der Waals surface area contributed by atoms with Crippen molar-refractivity contribution in [3.05, 3.63) is 83.8 Å². The summed E-state index contributed by atoms with van der Waals surface area (Å²) in [5.41, 5.74) is 0.438. The Hall–Kier alpha value is -4.51. The number of amides is 1. The fraction of sp³-hybridized carbons (Fsp3) is 0.160. The van der Waals surface area contributed by atoms with Crippen molar-refractivity contribution in [2.45, 2.75) is 13.5 Å². The molecule has 33 heavy (non-hydrogen) atoms. The maximum Gasteiger partial charge on any atom is 0.349 e. The number of nitrogens with one attached hydrogen (secondary N) is 1. The van der Waals surface area contributed by atoms with Gasteiger partial charge >= 0.3 is 5.97 Å². The molecular weight excluding hydrogens is 424 g/mol. The lowest BCUT2D eigenvalue weighted by molar-refractivity contribution is -0.136. The van der Waals surface area contributed by atoms with E-state index in [-0.39, 0.29) is 24.5 Å². The minimum Gasteiger partial charge on any atom is -0.490 e. The molecule has 0 unspecified atom stereocenters. The molecule has 8 nitrogen and oxygen atoms in total. The van der Waals surface area contributed by atoms with Gasteiger partial charge in [-0.3, -0.25) is 4.79 Å². The summed E-state index contributed by atoms with van der Waals surface area (Å²) in [7, 11) is 0. The maximum absolute atomic E-state index is 12.3. The fourth-order valence-electron chi connectivity index (χ4n) is 2.77. The standard InChI is InChI=1S/C25H22N2O6/c1-2-30-23-14-18(13-19(15-26)25(29)27-16-21-9-6-12-31-21)10-11-22(23)33-24(28)17-32-20-7-4-3-5-8-20/h3-14H,2,16-17H2,1H3,(H,27,29)/b19-13+. The van der Waals surface area contributed by atoms with Crippen molar-refractivity contribution in [1.82, 2.24) is 5.32 Å². The van der Waals surface area contributed by atoms with Gasteiger partial charge in [-0.1, -0.05) is 24.3 Å². The first-order valence-electron chi connectivity index (χ1n) is 10.2. The van der Waals surface area contributed by atoms with Crippen LogP contribution in [0.3, 0.4) is 0 Å². The molecule has 1 heterocycles. The number of nitriles is 1. The van der Waals surface area contributed by atoms with E-state index in [0.717, 1.165) is 0 Å². The number of carbonyl (C=O) groups excluding carboxylic acids is 2. The first kappa shape index (κ1) is 23.2. The minimum absolute atomic E-state index is 0.0926. The highest BCUT2D eigenvalue weighted by atomic mass is 16.6. The molecule has 0 radical (unpaired) electrons. The van der Waals surface area contributed by atoms with Crippen molar-refractivity contribution < 1.29 is 28.2 Å². The zero-order valence-corrected chi connectivity index (χ0v) is 17.9. The number of carbonyl (C=O) groups is 2. The highest BCUT2D eigenvalue weighted by molar-refractivity contribution is 6.01. The van der Waals surface area contributed by atoms with Gasteiger partial charge in [-0.2, -0.15) is 5.26 Å². The summed E-state index contributed by atoms with van der Waals surface area (Å²) in [5, 5.41) is 12.0. The Kier molecular flexibility index (Phi) is 8.26. The summed E-state index contributed by atoms with van der Waals surface area (Å²) in [6.45, 7) is 2.00. The van der Waals surface area contributed by atoms with E-state index in [2.05, 4.69) is 5.32 Å². The number of furan rings is 1. The van der Waals surface area contributed by atoms with Gasteiger partial charge < -0.3 is 23.9 Å². The van der Waals surface area contributed by atoms with Gasteiger partial charge in [0.2, 0.25) is 0 Å². The highest BCUT2D eigenvalue weighted by Crippen LogP contribution is 2.29. The van der Waals surface area contributed by atoms with E-state index in [1.807, 2.05) is 12.1 Å². The molecule has 1 N–H and O–H groups in total. The van der Waals surface area contributed by atoms with E-state index in [9.17, 15) is 14.9 Å². The first-order valence-corrected chi connectivity index (χ1v) is 10.2. The van der Waals surface area contributed by atoms with Crippen LogP contribution in [0, 0.1) is 11.3 Å². The molecule has 3 rings (SSSR count). The van der Waals surface area contributed by atoms with Crippen LogP contribution in [0.2, 0.25) is 0 Å². The summed E-state index contributed by atoms with van der Waals surface area (Å²) >= 11 is 0. The minimum atomic E-state index is -0.599. The number of hydrogen-bond donors (Lipinski definition) is 1. The van der Waals surface area contributed by atoms with Crippen LogP contribution in [-0.2, 0) is 16.1 Å². The molecule has 3 aromatic rings. The summed E-state index contributed by atoms with van der Waals surface area (Å²) in [6, 6.07) is 19.0. The second kappa shape index (κ2) is 11.8. The maximum atomic E-state index is 12.3. The molecule has 0 saturated carbocycles. The van der Waals surface area contributed by atoms with Gasteiger partial charge in [-0.15, -0.1) is 0 Å². The van der Waals surface area contributed by atoms with Crippen LogP contribution in [0.25, 0.3) is 6.08 Å². The second-order valence-corrected chi connectivity index (χ2v) is 6.65. The average molecular weight is 446 g/mol. The quantitative estimate of drug-likeness (QED) is 0.218. The van der Waals surface area contributed by atoms with E-state index in [1.54, 1.807) is 55.5 Å². The average Bonchev–Trinajstić information content (AvgIpc) is 3.36. The van der Waals surface area contributed by atoms with Gasteiger partial charge in [0.15, 0.2) is 18.1 Å². The normalized spacial score (nSPS) is 10.7. The topological polar surface area (TPSA) is 111 Å². The molecule has 1 amide bonds. The Morgan fingerprint density at radius 1 is 1.06 bits per heavy atom. The van der Waals surface area contributed by atoms with E-state index < -0.39 is 11.9 Å². The molecule has 0 aliphatic carbocycles. The largest absolute Gasteiger partial charge is 0.490 e. The van der Waals surface area contributed by atoms with Crippen LogP contribution in [-0.4, -0.2) is 25.1 Å². The Morgan fingerprint density at radius 3 is 2.58 bits per heavy atom.